The Morgan fingerprint density at radius 3 is 1.45 bits per heavy atom. The standard InChI is InChI=1S/C15H32O3Si4/c1-19(2,3)16-21(7,8)18-22(9,17-20(4,5)6)15-13-11-10-12-14-15/h10-14H,1-9H3. The lowest BCUT2D eigenvalue weighted by Gasteiger charge is -2.41. The first-order valence-corrected chi connectivity index (χ1v) is 19.8. The van der Waals surface area contributed by atoms with E-state index < -0.39 is 33.8 Å². The molecule has 1 aromatic carbocycles. The van der Waals surface area contributed by atoms with Gasteiger partial charge in [0.25, 0.3) is 0 Å². The molecule has 1 aromatic rings. The molecule has 0 N–H and O–H groups in total. The molecule has 3 nitrogen and oxygen atoms in total. The van der Waals surface area contributed by atoms with E-state index in [1.807, 2.05) is 6.07 Å². The Labute approximate surface area is 140 Å². The van der Waals surface area contributed by atoms with E-state index in [1.165, 1.54) is 5.19 Å². The molecule has 22 heavy (non-hydrogen) atoms. The molecule has 0 radical (unpaired) electrons. The fraction of sp³-hybridized carbons (Fsp3) is 0.600. The molecule has 1 rings (SSSR count). The Morgan fingerprint density at radius 2 is 1.05 bits per heavy atom. The third-order valence-corrected chi connectivity index (χ3v) is 16.1. The van der Waals surface area contributed by atoms with Crippen molar-refractivity contribution in [1.29, 1.82) is 0 Å². The second kappa shape index (κ2) is 6.84. The van der Waals surface area contributed by atoms with Crippen LogP contribution in [-0.4, -0.2) is 33.8 Å². The van der Waals surface area contributed by atoms with Gasteiger partial charge in [0.1, 0.15) is 0 Å². The first-order valence-electron chi connectivity index (χ1n) is 7.89. The van der Waals surface area contributed by atoms with Crippen molar-refractivity contribution in [3.05, 3.63) is 30.3 Å². The molecule has 0 amide bonds. The maximum atomic E-state index is 6.67. The van der Waals surface area contributed by atoms with Crippen LogP contribution in [-0.2, 0) is 12.3 Å². The molecule has 0 aliphatic carbocycles. The molecule has 0 fully saturated rings. The summed E-state index contributed by atoms with van der Waals surface area (Å²) in [6.07, 6.45) is 0. The predicted octanol–water partition coefficient (Wildman–Crippen LogP) is 4.39. The van der Waals surface area contributed by atoms with Crippen LogP contribution in [0.2, 0.25) is 58.9 Å². The molecule has 0 saturated carbocycles. The Kier molecular flexibility index (Phi) is 6.22. The van der Waals surface area contributed by atoms with Gasteiger partial charge in [-0.05, 0) is 64.1 Å². The topological polar surface area (TPSA) is 27.7 Å². The quantitative estimate of drug-likeness (QED) is 0.664. The van der Waals surface area contributed by atoms with E-state index in [4.69, 9.17) is 12.3 Å². The normalized spacial score (nSPS) is 16.4. The van der Waals surface area contributed by atoms with Gasteiger partial charge in [0.2, 0.25) is 0 Å². The highest BCUT2D eigenvalue weighted by Gasteiger charge is 2.45. The number of hydrogen-bond acceptors (Lipinski definition) is 3. The minimum Gasteiger partial charge on any atom is -0.437 e. The van der Waals surface area contributed by atoms with Gasteiger partial charge >= 0.3 is 17.1 Å². The van der Waals surface area contributed by atoms with Crippen molar-refractivity contribution in [3.8, 4) is 0 Å². The van der Waals surface area contributed by atoms with Crippen LogP contribution in [0.1, 0.15) is 0 Å². The first-order chi connectivity index (χ1) is 9.73. The predicted molar refractivity (Wildman–Crippen MR) is 105 cm³/mol. The SMILES string of the molecule is C[Si](C)(C)O[Si](C)(C)O[Si](C)(O[Si](C)(C)C)c1ccccc1. The fourth-order valence-corrected chi connectivity index (χ4v) is 19.8. The van der Waals surface area contributed by atoms with Crippen LogP contribution in [0.5, 0.6) is 0 Å². The van der Waals surface area contributed by atoms with Crippen molar-refractivity contribution in [2.24, 2.45) is 0 Å². The summed E-state index contributed by atoms with van der Waals surface area (Å²) in [5.74, 6) is 0. The zero-order valence-electron chi connectivity index (χ0n) is 15.6. The number of rotatable bonds is 7. The van der Waals surface area contributed by atoms with Crippen molar-refractivity contribution in [2.75, 3.05) is 0 Å². The van der Waals surface area contributed by atoms with Gasteiger partial charge in [-0.2, -0.15) is 0 Å². The van der Waals surface area contributed by atoms with Crippen LogP contribution >= 0.6 is 0 Å². The molecule has 1 unspecified atom stereocenters. The van der Waals surface area contributed by atoms with Gasteiger partial charge in [-0.1, -0.05) is 30.3 Å². The lowest BCUT2D eigenvalue weighted by Crippen LogP contribution is -2.62. The Bertz CT molecular complexity index is 480. The van der Waals surface area contributed by atoms with Crippen molar-refractivity contribution in [2.45, 2.75) is 58.9 Å². The van der Waals surface area contributed by atoms with Gasteiger partial charge in [-0.25, -0.2) is 0 Å². The van der Waals surface area contributed by atoms with Crippen LogP contribution in [0.15, 0.2) is 30.3 Å². The van der Waals surface area contributed by atoms with Gasteiger partial charge in [0, 0.05) is 0 Å². The number of benzene rings is 1. The zero-order valence-corrected chi connectivity index (χ0v) is 19.6. The smallest absolute Gasteiger partial charge is 0.350 e. The average molecular weight is 373 g/mol. The molecule has 7 heteroatoms. The molecule has 126 valence electrons. The molecular weight excluding hydrogens is 341 g/mol. The third kappa shape index (κ3) is 7.03. The Balaban J connectivity index is 3.12. The van der Waals surface area contributed by atoms with E-state index >= 15 is 0 Å². The molecule has 1 atom stereocenters. The second-order valence-corrected chi connectivity index (χ2v) is 24.4. The van der Waals surface area contributed by atoms with E-state index in [1.54, 1.807) is 0 Å². The maximum Gasteiger partial charge on any atom is 0.350 e. The minimum absolute atomic E-state index is 1.19. The van der Waals surface area contributed by atoms with E-state index in [9.17, 15) is 0 Å². The molecule has 0 heterocycles. The Morgan fingerprint density at radius 1 is 0.591 bits per heavy atom. The zero-order chi connectivity index (χ0) is 17.2. The first kappa shape index (κ1) is 20.0. The summed E-state index contributed by atoms with van der Waals surface area (Å²) in [7, 11) is -8.07. The van der Waals surface area contributed by atoms with Gasteiger partial charge < -0.3 is 12.3 Å². The van der Waals surface area contributed by atoms with Gasteiger partial charge in [0.15, 0.2) is 16.6 Å². The van der Waals surface area contributed by atoms with Gasteiger partial charge in [0.05, 0.1) is 0 Å². The molecule has 0 saturated heterocycles. The summed E-state index contributed by atoms with van der Waals surface area (Å²) in [5, 5.41) is 1.19. The van der Waals surface area contributed by atoms with Gasteiger partial charge in [-0.3, -0.25) is 0 Å². The summed E-state index contributed by atoms with van der Waals surface area (Å²) in [5.41, 5.74) is 0. The average Bonchev–Trinajstić information content (AvgIpc) is 2.22. The largest absolute Gasteiger partial charge is 0.437 e. The van der Waals surface area contributed by atoms with Crippen LogP contribution in [0.4, 0.5) is 0 Å². The summed E-state index contributed by atoms with van der Waals surface area (Å²) in [4.78, 5) is 0. The molecule has 0 spiro atoms. The summed E-state index contributed by atoms with van der Waals surface area (Å²) >= 11 is 0. The Hall–Kier alpha value is -0.0325. The monoisotopic (exact) mass is 372 g/mol. The molecular formula is C15H32O3Si4. The highest BCUT2D eigenvalue weighted by atomic mass is 28.5. The third-order valence-electron chi connectivity index (χ3n) is 2.79. The van der Waals surface area contributed by atoms with Crippen LogP contribution < -0.4 is 5.19 Å². The molecule has 0 aliphatic heterocycles. The van der Waals surface area contributed by atoms with Crippen LogP contribution in [0.3, 0.4) is 0 Å². The maximum absolute atomic E-state index is 6.67. The van der Waals surface area contributed by atoms with E-state index in [-0.39, 0.29) is 0 Å². The summed E-state index contributed by atoms with van der Waals surface area (Å²) in [6.45, 7) is 19.8. The van der Waals surface area contributed by atoms with E-state index in [0.717, 1.165) is 0 Å². The fourth-order valence-electron chi connectivity index (χ4n) is 2.69. The lowest BCUT2D eigenvalue weighted by molar-refractivity contribution is 0.337. The van der Waals surface area contributed by atoms with Crippen molar-refractivity contribution < 1.29 is 12.3 Å². The van der Waals surface area contributed by atoms with Gasteiger partial charge in [-0.15, -0.1) is 0 Å². The minimum atomic E-state index is -2.48. The van der Waals surface area contributed by atoms with Crippen LogP contribution in [0, 0.1) is 0 Å². The summed E-state index contributed by atoms with van der Waals surface area (Å²) in [6, 6.07) is 10.4. The van der Waals surface area contributed by atoms with E-state index in [0.29, 0.717) is 0 Å². The summed E-state index contributed by atoms with van der Waals surface area (Å²) < 4.78 is 19.6. The molecule has 0 aliphatic rings. The van der Waals surface area contributed by atoms with Crippen molar-refractivity contribution in [1.82, 2.24) is 0 Å². The number of hydrogen-bond donors (Lipinski definition) is 0. The highest BCUT2D eigenvalue weighted by Crippen LogP contribution is 2.24. The van der Waals surface area contributed by atoms with Crippen molar-refractivity contribution in [3.63, 3.8) is 0 Å². The lowest BCUT2D eigenvalue weighted by atomic mass is 10.4. The molecule has 0 aromatic heterocycles. The second-order valence-electron chi connectivity index (χ2n) is 8.24. The highest BCUT2D eigenvalue weighted by molar-refractivity contribution is 6.94. The van der Waals surface area contributed by atoms with Crippen LogP contribution in [0.25, 0.3) is 0 Å². The van der Waals surface area contributed by atoms with E-state index in [2.05, 4.69) is 83.2 Å². The molecule has 0 bridgehead atoms. The van der Waals surface area contributed by atoms with Crippen molar-refractivity contribution >= 4 is 38.9 Å².